The quantitative estimate of drug-likeness (QED) is 0.235. The molecule has 5 nitrogen and oxygen atoms in total. The molecule has 0 spiro atoms. The molecule has 0 bridgehead atoms. The highest BCUT2D eigenvalue weighted by Gasteiger charge is 2.21. The van der Waals surface area contributed by atoms with Crippen LogP contribution in [0.2, 0.25) is 0 Å². The van der Waals surface area contributed by atoms with Gasteiger partial charge in [0.25, 0.3) is 0 Å². The molecule has 4 N–H and O–H groups in total. The number of rotatable bonds is 5. The van der Waals surface area contributed by atoms with Gasteiger partial charge in [0.05, 0.1) is 6.04 Å². The van der Waals surface area contributed by atoms with Gasteiger partial charge >= 0.3 is 0 Å². The Labute approximate surface area is 118 Å². The maximum Gasteiger partial charge on any atom is 0.243 e. The number of aliphatic imine (C=N–C) groups is 1. The minimum Gasteiger partial charge on any atom is -0.386 e. The van der Waals surface area contributed by atoms with Crippen molar-refractivity contribution in [3.63, 3.8) is 0 Å². The molecule has 1 aliphatic rings. The second-order valence-electron chi connectivity index (χ2n) is 4.71. The Balaban J connectivity index is 2.65. The third-order valence-corrected chi connectivity index (χ3v) is 3.54. The summed E-state index contributed by atoms with van der Waals surface area (Å²) in [4.78, 5) is 15.7. The van der Waals surface area contributed by atoms with Crippen molar-refractivity contribution in [1.29, 1.82) is 5.41 Å². The Morgan fingerprint density at radius 2 is 2.21 bits per heavy atom. The summed E-state index contributed by atoms with van der Waals surface area (Å²) in [5, 5.41) is 9.33. The summed E-state index contributed by atoms with van der Waals surface area (Å²) in [6.07, 6.45) is 7.09. The SMILES string of the molecule is C=CC(=O)NC1CCCCC(N=C(N)C(Cl)C=N)C1. The van der Waals surface area contributed by atoms with Gasteiger partial charge in [0.15, 0.2) is 0 Å². The Kier molecular flexibility index (Phi) is 6.56. The summed E-state index contributed by atoms with van der Waals surface area (Å²) in [6, 6.07) is 0.155. The van der Waals surface area contributed by atoms with Crippen molar-refractivity contribution in [2.75, 3.05) is 0 Å². The Hall–Kier alpha value is -1.36. The fourth-order valence-electron chi connectivity index (χ4n) is 2.21. The van der Waals surface area contributed by atoms with E-state index in [1.165, 1.54) is 6.08 Å². The largest absolute Gasteiger partial charge is 0.386 e. The molecule has 0 aromatic rings. The lowest BCUT2D eigenvalue weighted by molar-refractivity contribution is -0.117. The molecule has 106 valence electrons. The number of nitrogens with one attached hydrogen (secondary N) is 2. The van der Waals surface area contributed by atoms with Crippen molar-refractivity contribution in [2.24, 2.45) is 10.7 Å². The minimum atomic E-state index is -0.649. The molecule has 1 amide bonds. The molecular weight excluding hydrogens is 264 g/mol. The monoisotopic (exact) mass is 284 g/mol. The maximum absolute atomic E-state index is 11.3. The molecule has 0 aliphatic heterocycles. The molecule has 3 atom stereocenters. The third kappa shape index (κ3) is 5.42. The first-order valence-corrected chi connectivity index (χ1v) is 6.91. The first kappa shape index (κ1) is 15.7. The lowest BCUT2D eigenvalue weighted by Gasteiger charge is -2.19. The highest BCUT2D eigenvalue weighted by atomic mass is 35.5. The lowest BCUT2D eigenvalue weighted by atomic mass is 10.1. The minimum absolute atomic E-state index is 0.0545. The second kappa shape index (κ2) is 7.94. The van der Waals surface area contributed by atoms with Crippen LogP contribution in [-0.4, -0.2) is 35.4 Å². The number of nitrogens with zero attached hydrogens (tertiary/aromatic N) is 1. The predicted octanol–water partition coefficient (Wildman–Crippen LogP) is 1.60. The van der Waals surface area contributed by atoms with Crippen molar-refractivity contribution in [3.05, 3.63) is 12.7 Å². The van der Waals surface area contributed by atoms with Crippen molar-refractivity contribution in [3.8, 4) is 0 Å². The van der Waals surface area contributed by atoms with E-state index in [4.69, 9.17) is 22.7 Å². The van der Waals surface area contributed by atoms with Gasteiger partial charge in [-0.3, -0.25) is 9.79 Å². The summed E-state index contributed by atoms with van der Waals surface area (Å²) in [6.45, 7) is 3.45. The number of carbonyl (C=O) groups excluding carboxylic acids is 1. The van der Waals surface area contributed by atoms with Gasteiger partial charge in [0.1, 0.15) is 11.2 Å². The van der Waals surface area contributed by atoms with Crippen LogP contribution in [0.3, 0.4) is 0 Å². The average Bonchev–Trinajstić information content (AvgIpc) is 2.62. The summed E-state index contributed by atoms with van der Waals surface area (Å²) >= 11 is 5.84. The van der Waals surface area contributed by atoms with Crippen molar-refractivity contribution in [2.45, 2.75) is 49.6 Å². The van der Waals surface area contributed by atoms with E-state index in [0.717, 1.165) is 38.3 Å². The maximum atomic E-state index is 11.3. The molecule has 3 unspecified atom stereocenters. The number of alkyl halides is 1. The van der Waals surface area contributed by atoms with Crippen LogP contribution in [-0.2, 0) is 4.79 Å². The number of hydrogen-bond acceptors (Lipinski definition) is 3. The fourth-order valence-corrected chi connectivity index (χ4v) is 2.27. The number of halogens is 1. The van der Waals surface area contributed by atoms with Crippen molar-refractivity contribution in [1.82, 2.24) is 5.32 Å². The molecule has 1 aliphatic carbocycles. The van der Waals surface area contributed by atoms with Crippen LogP contribution in [0.5, 0.6) is 0 Å². The third-order valence-electron chi connectivity index (χ3n) is 3.19. The van der Waals surface area contributed by atoms with E-state index < -0.39 is 5.38 Å². The van der Waals surface area contributed by atoms with Crippen LogP contribution < -0.4 is 11.1 Å². The molecule has 0 aromatic heterocycles. The van der Waals surface area contributed by atoms with Crippen LogP contribution in [0.1, 0.15) is 32.1 Å². The first-order chi connectivity index (χ1) is 9.06. The molecular formula is C13H21ClN4O. The molecule has 0 radical (unpaired) electrons. The second-order valence-corrected chi connectivity index (χ2v) is 5.18. The summed E-state index contributed by atoms with van der Waals surface area (Å²) in [7, 11) is 0. The standard InChI is InChI=1S/C13H21ClN4O/c1-2-12(19)17-9-5-3-4-6-10(7-9)18-13(16)11(14)8-15/h2,8-11,15H,1,3-7H2,(H2,16,18)(H,17,19). The summed E-state index contributed by atoms with van der Waals surface area (Å²) in [5.41, 5.74) is 5.75. The fraction of sp³-hybridized carbons (Fsp3) is 0.615. The predicted molar refractivity (Wildman–Crippen MR) is 79.0 cm³/mol. The van der Waals surface area contributed by atoms with Crippen LogP contribution >= 0.6 is 11.6 Å². The number of amides is 1. The van der Waals surface area contributed by atoms with E-state index in [9.17, 15) is 4.79 Å². The summed E-state index contributed by atoms with van der Waals surface area (Å²) < 4.78 is 0. The van der Waals surface area contributed by atoms with Gasteiger partial charge in [-0.2, -0.15) is 0 Å². The molecule has 0 saturated heterocycles. The number of amidine groups is 1. The molecule has 1 fully saturated rings. The van der Waals surface area contributed by atoms with Crippen LogP contribution in [0.4, 0.5) is 0 Å². The Bertz CT molecular complexity index is 370. The van der Waals surface area contributed by atoms with E-state index in [1.807, 2.05) is 0 Å². The molecule has 6 heteroatoms. The topological polar surface area (TPSA) is 91.3 Å². The average molecular weight is 285 g/mol. The molecule has 0 heterocycles. The normalized spacial score (nSPS) is 26.1. The molecule has 1 rings (SSSR count). The Morgan fingerprint density at radius 3 is 2.84 bits per heavy atom. The van der Waals surface area contributed by atoms with Gasteiger partial charge in [-0.1, -0.05) is 19.4 Å². The van der Waals surface area contributed by atoms with Gasteiger partial charge in [0.2, 0.25) is 5.91 Å². The summed E-state index contributed by atoms with van der Waals surface area (Å²) in [5.74, 6) is 0.120. The highest BCUT2D eigenvalue weighted by molar-refractivity contribution is 6.39. The first-order valence-electron chi connectivity index (χ1n) is 6.47. The van der Waals surface area contributed by atoms with E-state index >= 15 is 0 Å². The lowest BCUT2D eigenvalue weighted by Crippen LogP contribution is -2.36. The zero-order valence-corrected chi connectivity index (χ0v) is 11.7. The molecule has 0 aromatic carbocycles. The van der Waals surface area contributed by atoms with Gasteiger partial charge in [-0.25, -0.2) is 0 Å². The van der Waals surface area contributed by atoms with E-state index in [1.54, 1.807) is 0 Å². The number of carbonyl (C=O) groups is 1. The van der Waals surface area contributed by atoms with Gasteiger partial charge in [-0.05, 0) is 25.3 Å². The highest BCUT2D eigenvalue weighted by Crippen LogP contribution is 2.21. The smallest absolute Gasteiger partial charge is 0.243 e. The molecule has 19 heavy (non-hydrogen) atoms. The number of hydrogen-bond donors (Lipinski definition) is 3. The Morgan fingerprint density at radius 1 is 1.53 bits per heavy atom. The van der Waals surface area contributed by atoms with E-state index in [0.29, 0.717) is 0 Å². The van der Waals surface area contributed by atoms with Gasteiger partial charge in [0, 0.05) is 12.3 Å². The van der Waals surface area contributed by atoms with E-state index in [-0.39, 0.29) is 23.8 Å². The molecule has 1 saturated carbocycles. The van der Waals surface area contributed by atoms with Crippen LogP contribution in [0.15, 0.2) is 17.6 Å². The van der Waals surface area contributed by atoms with E-state index in [2.05, 4.69) is 16.9 Å². The zero-order valence-electron chi connectivity index (χ0n) is 10.9. The zero-order chi connectivity index (χ0) is 14.3. The van der Waals surface area contributed by atoms with Gasteiger partial charge < -0.3 is 16.5 Å². The van der Waals surface area contributed by atoms with Crippen molar-refractivity contribution < 1.29 is 4.79 Å². The van der Waals surface area contributed by atoms with Gasteiger partial charge in [-0.15, -0.1) is 11.6 Å². The van der Waals surface area contributed by atoms with Crippen LogP contribution in [0, 0.1) is 5.41 Å². The van der Waals surface area contributed by atoms with Crippen LogP contribution in [0.25, 0.3) is 0 Å². The number of nitrogens with two attached hydrogens (primary N) is 1. The van der Waals surface area contributed by atoms with Crippen molar-refractivity contribution >= 4 is 29.6 Å².